The molecular formula is C33H39NO6. The molecule has 2 N–H and O–H groups in total. The van der Waals surface area contributed by atoms with Crippen LogP contribution in [0.25, 0.3) is 10.9 Å². The van der Waals surface area contributed by atoms with Gasteiger partial charge in [0.2, 0.25) is 0 Å². The Bertz CT molecular complexity index is 1550. The summed E-state index contributed by atoms with van der Waals surface area (Å²) in [6.45, 7) is 12.2. The summed E-state index contributed by atoms with van der Waals surface area (Å²) in [5.74, 6) is -1.30. The molecule has 6 aliphatic rings. The van der Waals surface area contributed by atoms with E-state index in [4.69, 9.17) is 14.2 Å². The van der Waals surface area contributed by atoms with Crippen LogP contribution < -0.4 is 0 Å². The van der Waals surface area contributed by atoms with Crippen LogP contribution in [-0.4, -0.2) is 51.0 Å². The van der Waals surface area contributed by atoms with E-state index in [0.29, 0.717) is 24.8 Å². The third-order valence-electron chi connectivity index (χ3n) is 12.6. The van der Waals surface area contributed by atoms with E-state index in [9.17, 15) is 14.7 Å². The Labute approximate surface area is 234 Å². The number of ether oxygens (including phenoxy) is 3. The molecule has 1 unspecified atom stereocenters. The summed E-state index contributed by atoms with van der Waals surface area (Å²) in [4.78, 5) is 30.9. The monoisotopic (exact) mass is 545 g/mol. The molecule has 1 spiro atoms. The number of aromatic nitrogens is 1. The molecule has 212 valence electrons. The van der Waals surface area contributed by atoms with Crippen molar-refractivity contribution >= 4 is 22.7 Å². The van der Waals surface area contributed by atoms with Crippen LogP contribution in [0.5, 0.6) is 0 Å². The van der Waals surface area contributed by atoms with E-state index in [-0.39, 0.29) is 23.6 Å². The third kappa shape index (κ3) is 2.60. The van der Waals surface area contributed by atoms with Crippen LogP contribution in [0, 0.1) is 22.7 Å². The molecule has 3 saturated carbocycles. The van der Waals surface area contributed by atoms with Crippen LogP contribution in [0.1, 0.15) is 78.5 Å². The van der Waals surface area contributed by atoms with Crippen molar-refractivity contribution < 1.29 is 28.9 Å². The average molecular weight is 546 g/mol. The highest BCUT2D eigenvalue weighted by Crippen LogP contribution is 2.72. The van der Waals surface area contributed by atoms with Gasteiger partial charge in [0.15, 0.2) is 17.7 Å². The number of nitrogens with one attached hydrogen (secondary N) is 1. The predicted molar refractivity (Wildman–Crippen MR) is 147 cm³/mol. The molecule has 2 bridgehead atoms. The van der Waals surface area contributed by atoms with E-state index < -0.39 is 45.4 Å². The number of hydrogen-bond acceptors (Lipinski definition) is 6. The number of ketones is 1. The highest BCUT2D eigenvalue weighted by atomic mass is 16.8. The van der Waals surface area contributed by atoms with Crippen molar-refractivity contribution in [3.05, 3.63) is 47.2 Å². The molecule has 1 aromatic heterocycles. The summed E-state index contributed by atoms with van der Waals surface area (Å²) >= 11 is 0. The number of esters is 1. The number of aromatic amines is 1. The summed E-state index contributed by atoms with van der Waals surface area (Å²) in [6.07, 6.45) is 3.23. The fraction of sp³-hybridized carbons (Fsp3) is 0.636. The Kier molecular flexibility index (Phi) is 4.49. The van der Waals surface area contributed by atoms with Gasteiger partial charge in [0.1, 0.15) is 17.3 Å². The lowest BCUT2D eigenvalue weighted by Crippen LogP contribution is -2.75. The number of benzene rings is 1. The zero-order valence-electron chi connectivity index (χ0n) is 24.2. The van der Waals surface area contributed by atoms with Gasteiger partial charge in [-0.25, -0.2) is 0 Å². The van der Waals surface area contributed by atoms with Gasteiger partial charge in [0, 0.05) is 39.4 Å². The maximum absolute atomic E-state index is 13.6. The number of fused-ring (bicyclic) bond motifs is 9. The molecule has 8 rings (SSSR count). The summed E-state index contributed by atoms with van der Waals surface area (Å²) in [5, 5.41) is 14.6. The SMILES string of the molecule is C[C@H]1CC1(C)C(=O)O[C@H]1C[C@H]2Cc3c([nH]c4ccccc34)[C@]2(C)[C@@]2(C)CC[C@@]34O[C@@H](C(=O)C=C3[C@]12O)C(C)(C)O4. The molecule has 0 amide bonds. The number of hydrogen-bond donors (Lipinski definition) is 2. The first kappa shape index (κ1) is 25.2. The zero-order chi connectivity index (χ0) is 28.3. The zero-order valence-corrected chi connectivity index (χ0v) is 24.2. The van der Waals surface area contributed by atoms with Crippen molar-refractivity contribution in [2.45, 2.75) is 108 Å². The van der Waals surface area contributed by atoms with Crippen LogP contribution in [-0.2, 0) is 35.6 Å². The molecule has 4 fully saturated rings. The molecule has 7 nitrogen and oxygen atoms in total. The normalized spacial score (nSPS) is 47.7. The van der Waals surface area contributed by atoms with Gasteiger partial charge in [-0.1, -0.05) is 39.0 Å². The van der Waals surface area contributed by atoms with Gasteiger partial charge in [0.05, 0.1) is 5.41 Å². The van der Waals surface area contributed by atoms with Crippen LogP contribution in [0.3, 0.4) is 0 Å². The van der Waals surface area contributed by atoms with Gasteiger partial charge >= 0.3 is 5.97 Å². The fourth-order valence-electron chi connectivity index (χ4n) is 9.66. The Morgan fingerprint density at radius 3 is 2.58 bits per heavy atom. The van der Waals surface area contributed by atoms with E-state index in [2.05, 4.69) is 44.0 Å². The van der Waals surface area contributed by atoms with Gasteiger partial charge in [0.25, 0.3) is 0 Å². The first-order valence-corrected chi connectivity index (χ1v) is 14.9. The first-order valence-electron chi connectivity index (χ1n) is 14.9. The van der Waals surface area contributed by atoms with E-state index >= 15 is 0 Å². The lowest BCUT2D eigenvalue weighted by molar-refractivity contribution is -0.278. The smallest absolute Gasteiger partial charge is 0.312 e. The van der Waals surface area contributed by atoms with E-state index in [1.807, 2.05) is 26.8 Å². The van der Waals surface area contributed by atoms with Gasteiger partial charge in [-0.15, -0.1) is 0 Å². The predicted octanol–water partition coefficient (Wildman–Crippen LogP) is 4.89. The molecule has 3 heterocycles. The van der Waals surface area contributed by atoms with E-state index in [1.54, 1.807) is 6.08 Å². The Balaban J connectivity index is 1.33. The Hall–Kier alpha value is -2.48. The second-order valence-electron chi connectivity index (χ2n) is 14.8. The quantitative estimate of drug-likeness (QED) is 0.522. The molecule has 2 aliphatic heterocycles. The van der Waals surface area contributed by atoms with Crippen molar-refractivity contribution in [3.8, 4) is 0 Å². The Morgan fingerprint density at radius 2 is 1.85 bits per heavy atom. The molecule has 1 aromatic carbocycles. The maximum Gasteiger partial charge on any atom is 0.312 e. The molecule has 4 aliphatic carbocycles. The highest BCUT2D eigenvalue weighted by molar-refractivity contribution is 5.97. The lowest BCUT2D eigenvalue weighted by Gasteiger charge is -2.67. The summed E-state index contributed by atoms with van der Waals surface area (Å²) < 4.78 is 19.4. The third-order valence-corrected chi connectivity index (χ3v) is 12.6. The van der Waals surface area contributed by atoms with Gasteiger partial charge in [-0.05, 0) is 76.0 Å². The summed E-state index contributed by atoms with van der Waals surface area (Å²) in [6, 6.07) is 8.37. The van der Waals surface area contributed by atoms with Gasteiger partial charge < -0.3 is 24.3 Å². The molecule has 9 atom stereocenters. The standard InChI is InChI=1S/C33H39NO6/c1-17-16-29(17,4)27(36)38-24-14-18-13-20-19-9-7-8-10-21(19)34-25(20)31(18,6)30(5)11-12-32-23(33(24,30)37)15-22(35)26(39-32)28(2,3)40-32/h7-10,15,17-18,24,26,34,37H,11-14,16H2,1-6H3/t17-,18+,24-,26-,29?,30+,31+,32-,33-/m0/s1. The number of aliphatic hydroxyl groups is 1. The average Bonchev–Trinajstić information content (AvgIpc) is 3.16. The second-order valence-corrected chi connectivity index (χ2v) is 14.8. The van der Waals surface area contributed by atoms with Crippen molar-refractivity contribution in [1.29, 1.82) is 0 Å². The minimum absolute atomic E-state index is 0.148. The molecule has 1 saturated heterocycles. The first-order chi connectivity index (χ1) is 18.7. The molecule has 2 aromatic rings. The summed E-state index contributed by atoms with van der Waals surface area (Å²) in [5.41, 5.74) is -0.331. The van der Waals surface area contributed by atoms with Crippen LogP contribution in [0.2, 0.25) is 0 Å². The number of para-hydroxylation sites is 1. The summed E-state index contributed by atoms with van der Waals surface area (Å²) in [7, 11) is 0. The molecule has 0 radical (unpaired) electrons. The van der Waals surface area contributed by atoms with Crippen molar-refractivity contribution in [2.75, 3.05) is 0 Å². The maximum atomic E-state index is 13.6. The van der Waals surface area contributed by atoms with E-state index in [1.165, 1.54) is 10.9 Å². The van der Waals surface area contributed by atoms with E-state index in [0.717, 1.165) is 24.1 Å². The van der Waals surface area contributed by atoms with Crippen LogP contribution in [0.4, 0.5) is 0 Å². The minimum atomic E-state index is -1.67. The molecular weight excluding hydrogens is 506 g/mol. The van der Waals surface area contributed by atoms with Crippen LogP contribution in [0.15, 0.2) is 35.9 Å². The Morgan fingerprint density at radius 1 is 1.12 bits per heavy atom. The number of carbonyl (C=O) groups is 2. The number of H-pyrrole nitrogens is 1. The second kappa shape index (κ2) is 7.11. The van der Waals surface area contributed by atoms with Gasteiger partial charge in [-0.3, -0.25) is 9.59 Å². The highest BCUT2D eigenvalue weighted by Gasteiger charge is 2.78. The molecule has 7 heteroatoms. The minimum Gasteiger partial charge on any atom is -0.458 e. The number of rotatable bonds is 2. The van der Waals surface area contributed by atoms with Crippen molar-refractivity contribution in [3.63, 3.8) is 0 Å². The molecule has 40 heavy (non-hydrogen) atoms. The van der Waals surface area contributed by atoms with Crippen molar-refractivity contribution in [2.24, 2.45) is 22.7 Å². The van der Waals surface area contributed by atoms with Crippen LogP contribution >= 0.6 is 0 Å². The van der Waals surface area contributed by atoms with Gasteiger partial charge in [-0.2, -0.15) is 0 Å². The largest absolute Gasteiger partial charge is 0.458 e. The topological polar surface area (TPSA) is 97.9 Å². The number of carbonyl (C=O) groups excluding carboxylic acids is 2. The van der Waals surface area contributed by atoms with Crippen molar-refractivity contribution in [1.82, 2.24) is 4.98 Å². The lowest BCUT2D eigenvalue weighted by atomic mass is 9.41. The fourth-order valence-corrected chi connectivity index (χ4v) is 9.66.